The Labute approximate surface area is 193 Å². The molecule has 0 bridgehead atoms. The third-order valence-electron chi connectivity index (χ3n) is 4.94. The summed E-state index contributed by atoms with van der Waals surface area (Å²) in [6.45, 7) is -0.518. The Balaban J connectivity index is 1.72. The largest absolute Gasteiger partial charge is 0.497 e. The first kappa shape index (κ1) is 23.0. The predicted octanol–water partition coefficient (Wildman–Crippen LogP) is 5.13. The molecular formula is C24H20F3N5O2. The molecule has 2 aromatic carbocycles. The number of carbonyl (C=O) groups is 1. The quantitative estimate of drug-likeness (QED) is 0.392. The Kier molecular flexibility index (Phi) is 6.58. The van der Waals surface area contributed by atoms with Crippen LogP contribution in [0.4, 0.5) is 24.7 Å². The molecule has 4 rings (SSSR count). The summed E-state index contributed by atoms with van der Waals surface area (Å²) in [4.78, 5) is 26.0. The van der Waals surface area contributed by atoms with Gasteiger partial charge >= 0.3 is 6.18 Å². The highest BCUT2D eigenvalue weighted by Gasteiger charge is 2.27. The SMILES string of the molecule is COc1ccc2nc(-c3cccnc3)nc(Nc3ccccc3C(=O)NCCC(F)(F)F)c2c1. The van der Waals surface area contributed by atoms with E-state index < -0.39 is 25.0 Å². The summed E-state index contributed by atoms with van der Waals surface area (Å²) < 4.78 is 42.7. The predicted molar refractivity (Wildman–Crippen MR) is 122 cm³/mol. The van der Waals surface area contributed by atoms with Crippen LogP contribution in [0.25, 0.3) is 22.3 Å². The van der Waals surface area contributed by atoms with E-state index in [-0.39, 0.29) is 5.56 Å². The molecule has 0 fully saturated rings. The van der Waals surface area contributed by atoms with Crippen molar-refractivity contribution in [3.63, 3.8) is 0 Å². The summed E-state index contributed by atoms with van der Waals surface area (Å²) in [6.07, 6.45) is -2.19. The van der Waals surface area contributed by atoms with Gasteiger partial charge in [0.05, 0.1) is 30.3 Å². The first-order valence-corrected chi connectivity index (χ1v) is 10.3. The molecule has 2 heterocycles. The fourth-order valence-corrected chi connectivity index (χ4v) is 3.28. The zero-order chi connectivity index (χ0) is 24.1. The molecule has 34 heavy (non-hydrogen) atoms. The number of para-hydroxylation sites is 1. The van der Waals surface area contributed by atoms with Crippen LogP contribution in [-0.2, 0) is 0 Å². The number of benzene rings is 2. The summed E-state index contributed by atoms with van der Waals surface area (Å²) in [5.41, 5.74) is 1.89. The molecule has 0 spiro atoms. The molecule has 0 saturated heterocycles. The average Bonchev–Trinajstić information content (AvgIpc) is 2.83. The molecule has 0 aliphatic heterocycles. The number of hydrogen-bond acceptors (Lipinski definition) is 6. The molecular weight excluding hydrogens is 447 g/mol. The zero-order valence-corrected chi connectivity index (χ0v) is 18.1. The molecule has 2 N–H and O–H groups in total. The van der Waals surface area contributed by atoms with E-state index in [1.807, 2.05) is 6.07 Å². The van der Waals surface area contributed by atoms with Gasteiger partial charge in [0.15, 0.2) is 5.82 Å². The number of pyridine rings is 1. The number of rotatable bonds is 7. The fourth-order valence-electron chi connectivity index (χ4n) is 3.28. The van der Waals surface area contributed by atoms with Gasteiger partial charge in [0.1, 0.15) is 11.6 Å². The van der Waals surface area contributed by atoms with E-state index in [1.54, 1.807) is 62.0 Å². The number of alkyl halides is 3. The topological polar surface area (TPSA) is 89.0 Å². The molecule has 1 amide bonds. The van der Waals surface area contributed by atoms with Gasteiger partial charge in [-0.25, -0.2) is 9.97 Å². The highest BCUT2D eigenvalue weighted by molar-refractivity contribution is 6.02. The second-order valence-corrected chi connectivity index (χ2v) is 7.31. The van der Waals surface area contributed by atoms with E-state index in [2.05, 4.69) is 25.6 Å². The summed E-state index contributed by atoms with van der Waals surface area (Å²) in [7, 11) is 1.54. The van der Waals surface area contributed by atoms with E-state index >= 15 is 0 Å². The lowest BCUT2D eigenvalue weighted by molar-refractivity contribution is -0.132. The van der Waals surface area contributed by atoms with Crippen LogP contribution >= 0.6 is 0 Å². The van der Waals surface area contributed by atoms with Gasteiger partial charge in [-0.1, -0.05) is 12.1 Å². The molecule has 0 unspecified atom stereocenters. The maximum atomic E-state index is 12.6. The van der Waals surface area contributed by atoms with Gasteiger partial charge in [0, 0.05) is 29.9 Å². The average molecular weight is 467 g/mol. The highest BCUT2D eigenvalue weighted by atomic mass is 19.4. The Morgan fingerprint density at radius 2 is 1.88 bits per heavy atom. The molecule has 10 heteroatoms. The number of nitrogens with zero attached hydrogens (tertiary/aromatic N) is 3. The third kappa shape index (κ3) is 5.40. The second kappa shape index (κ2) is 9.74. The van der Waals surface area contributed by atoms with Crippen LogP contribution in [0.2, 0.25) is 0 Å². The second-order valence-electron chi connectivity index (χ2n) is 7.31. The molecule has 0 aliphatic carbocycles. The van der Waals surface area contributed by atoms with E-state index in [0.717, 1.165) is 0 Å². The Hall–Kier alpha value is -4.21. The maximum absolute atomic E-state index is 12.6. The maximum Gasteiger partial charge on any atom is 0.390 e. The minimum Gasteiger partial charge on any atom is -0.497 e. The van der Waals surface area contributed by atoms with Crippen molar-refractivity contribution in [1.29, 1.82) is 0 Å². The Morgan fingerprint density at radius 1 is 1.06 bits per heavy atom. The number of fused-ring (bicyclic) bond motifs is 1. The molecule has 0 atom stereocenters. The zero-order valence-electron chi connectivity index (χ0n) is 18.1. The van der Waals surface area contributed by atoms with Gasteiger partial charge in [-0.3, -0.25) is 9.78 Å². The van der Waals surface area contributed by atoms with Gasteiger partial charge in [-0.15, -0.1) is 0 Å². The van der Waals surface area contributed by atoms with E-state index in [1.165, 1.54) is 6.07 Å². The summed E-state index contributed by atoms with van der Waals surface area (Å²) in [5, 5.41) is 6.11. The van der Waals surface area contributed by atoms with E-state index in [4.69, 9.17) is 4.74 Å². The van der Waals surface area contributed by atoms with Crippen molar-refractivity contribution in [2.45, 2.75) is 12.6 Å². The Bertz CT molecular complexity index is 1310. The normalized spacial score (nSPS) is 11.3. The number of methoxy groups -OCH3 is 1. The number of nitrogens with one attached hydrogen (secondary N) is 2. The number of ether oxygens (including phenoxy) is 1. The minimum absolute atomic E-state index is 0.183. The first-order chi connectivity index (χ1) is 16.3. The molecule has 174 valence electrons. The number of carbonyl (C=O) groups excluding carboxylic acids is 1. The smallest absolute Gasteiger partial charge is 0.390 e. The number of amides is 1. The van der Waals surface area contributed by atoms with Crippen LogP contribution in [0.1, 0.15) is 16.8 Å². The monoisotopic (exact) mass is 467 g/mol. The van der Waals surface area contributed by atoms with Gasteiger partial charge in [-0.05, 0) is 42.5 Å². The molecule has 7 nitrogen and oxygen atoms in total. The first-order valence-electron chi connectivity index (χ1n) is 10.3. The highest BCUT2D eigenvalue weighted by Crippen LogP contribution is 2.31. The third-order valence-corrected chi connectivity index (χ3v) is 4.94. The van der Waals surface area contributed by atoms with Crippen LogP contribution in [0.5, 0.6) is 5.75 Å². The lowest BCUT2D eigenvalue weighted by atomic mass is 10.1. The van der Waals surface area contributed by atoms with Crippen molar-refractivity contribution in [3.05, 3.63) is 72.6 Å². The van der Waals surface area contributed by atoms with Gasteiger partial charge in [0.25, 0.3) is 5.91 Å². The van der Waals surface area contributed by atoms with Gasteiger partial charge < -0.3 is 15.4 Å². The van der Waals surface area contributed by atoms with E-state index in [9.17, 15) is 18.0 Å². The van der Waals surface area contributed by atoms with Gasteiger partial charge in [-0.2, -0.15) is 13.2 Å². The lowest BCUT2D eigenvalue weighted by Crippen LogP contribution is -2.28. The fraction of sp³-hybridized carbons (Fsp3) is 0.167. The number of hydrogen-bond donors (Lipinski definition) is 2. The molecule has 0 radical (unpaired) electrons. The van der Waals surface area contributed by atoms with Crippen molar-refractivity contribution in [2.75, 3.05) is 19.0 Å². The van der Waals surface area contributed by atoms with Crippen LogP contribution in [0.3, 0.4) is 0 Å². The van der Waals surface area contributed by atoms with Crippen LogP contribution in [0, 0.1) is 0 Å². The Morgan fingerprint density at radius 3 is 2.62 bits per heavy atom. The molecule has 0 aliphatic rings. The van der Waals surface area contributed by atoms with Gasteiger partial charge in [0.2, 0.25) is 0 Å². The molecule has 0 saturated carbocycles. The summed E-state index contributed by atoms with van der Waals surface area (Å²) in [6, 6.07) is 15.4. The van der Waals surface area contributed by atoms with Crippen LogP contribution in [-0.4, -0.2) is 40.7 Å². The number of anilines is 2. The van der Waals surface area contributed by atoms with E-state index in [0.29, 0.717) is 39.5 Å². The molecule has 2 aromatic heterocycles. The van der Waals surface area contributed by atoms with Crippen molar-refractivity contribution in [1.82, 2.24) is 20.3 Å². The molecule has 4 aromatic rings. The number of aromatic nitrogens is 3. The number of halogens is 3. The van der Waals surface area contributed by atoms with Crippen LogP contribution in [0.15, 0.2) is 67.0 Å². The summed E-state index contributed by atoms with van der Waals surface area (Å²) in [5.74, 6) is 0.779. The minimum atomic E-state index is -4.35. The van der Waals surface area contributed by atoms with Crippen molar-refractivity contribution >= 4 is 28.3 Å². The standard InChI is InChI=1S/C24H20F3N5O2/c1-34-16-8-9-20-18(13-16)22(32-21(30-20)15-5-4-11-28-14-15)31-19-7-3-2-6-17(19)23(33)29-12-10-24(25,26)27/h2-9,11,13-14H,10,12H2,1H3,(H,29,33)(H,30,31,32). The van der Waals surface area contributed by atoms with Crippen LogP contribution < -0.4 is 15.4 Å². The van der Waals surface area contributed by atoms with Crippen molar-refractivity contribution in [2.24, 2.45) is 0 Å². The van der Waals surface area contributed by atoms with Crippen molar-refractivity contribution < 1.29 is 22.7 Å². The van der Waals surface area contributed by atoms with Crippen molar-refractivity contribution in [3.8, 4) is 17.1 Å². The summed E-state index contributed by atoms with van der Waals surface area (Å²) >= 11 is 0. The lowest BCUT2D eigenvalue weighted by Gasteiger charge is -2.15.